The molecule has 154 valence electrons. The van der Waals surface area contributed by atoms with Crippen molar-refractivity contribution in [3.05, 3.63) is 46.6 Å². The van der Waals surface area contributed by atoms with Crippen molar-refractivity contribution in [1.82, 2.24) is 9.78 Å². The van der Waals surface area contributed by atoms with Crippen LogP contribution in [-0.2, 0) is 33.6 Å². The van der Waals surface area contributed by atoms with Crippen molar-refractivity contribution in [2.75, 3.05) is 33.7 Å². The molecule has 1 aromatic carbocycles. The highest BCUT2D eigenvalue weighted by Crippen LogP contribution is 2.33. The molecule has 8 heteroatoms. The fourth-order valence-corrected chi connectivity index (χ4v) is 2.77. The van der Waals surface area contributed by atoms with Crippen LogP contribution in [0.2, 0.25) is 0 Å². The summed E-state index contributed by atoms with van der Waals surface area (Å²) in [5, 5.41) is 13.8. The normalized spacial score (nSPS) is 10.5. The Labute approximate surface area is 171 Å². The quantitative estimate of drug-likeness (QED) is 0.307. The van der Waals surface area contributed by atoms with Gasteiger partial charge >= 0.3 is 0 Å². The molecule has 0 saturated carbocycles. The fraction of sp³-hybridized carbons (Fsp3) is 0.476. The number of hydrogen-bond donors (Lipinski definition) is 0. The first kappa shape index (κ1) is 22.4. The van der Waals surface area contributed by atoms with Gasteiger partial charge in [0.2, 0.25) is 0 Å². The lowest BCUT2D eigenvalue weighted by molar-refractivity contribution is -0.0679. The van der Waals surface area contributed by atoms with E-state index in [9.17, 15) is 5.26 Å². The molecule has 2 aromatic rings. The van der Waals surface area contributed by atoms with Gasteiger partial charge in [0.1, 0.15) is 18.2 Å². The summed E-state index contributed by atoms with van der Waals surface area (Å²) in [5.74, 6) is 1.14. The van der Waals surface area contributed by atoms with Crippen molar-refractivity contribution >= 4 is 5.69 Å². The van der Waals surface area contributed by atoms with E-state index >= 15 is 0 Å². The van der Waals surface area contributed by atoms with Crippen LogP contribution in [0.1, 0.15) is 30.8 Å². The molecule has 0 aliphatic heterocycles. The Morgan fingerprint density at radius 3 is 2.59 bits per heavy atom. The number of aryl methyl sites for hydroxylation is 1. The average Bonchev–Trinajstić information content (AvgIpc) is 3.08. The number of ether oxygens (including phenoxy) is 4. The monoisotopic (exact) mass is 398 g/mol. The van der Waals surface area contributed by atoms with E-state index in [1.165, 1.54) is 6.07 Å². The highest BCUT2D eigenvalue weighted by Gasteiger charge is 2.18. The highest BCUT2D eigenvalue weighted by molar-refractivity contribution is 5.56. The molecule has 0 N–H and O–H groups in total. The number of nitriles is 1. The van der Waals surface area contributed by atoms with E-state index in [2.05, 4.69) is 16.0 Å². The molecule has 0 aliphatic carbocycles. The first-order valence-electron chi connectivity index (χ1n) is 9.50. The number of methoxy groups -OCH3 is 1. The standard InChI is InChI=1S/C21H26N4O4/c1-5-19-21(29-18-12-16(14-22)11-17(13-18)23-3)20(6-2)25(24-19)7-8-27-15-28-10-9-26-4/h11-13H,5-10,15H2,1-2,4H3. The lowest BCUT2D eigenvalue weighted by Gasteiger charge is -2.10. The number of benzene rings is 1. The summed E-state index contributed by atoms with van der Waals surface area (Å²) in [7, 11) is 1.62. The van der Waals surface area contributed by atoms with Crippen LogP contribution in [-0.4, -0.2) is 43.5 Å². The van der Waals surface area contributed by atoms with Crippen LogP contribution in [0, 0.1) is 17.9 Å². The minimum absolute atomic E-state index is 0.205. The van der Waals surface area contributed by atoms with Gasteiger partial charge < -0.3 is 18.9 Å². The molecule has 0 aliphatic rings. The zero-order chi connectivity index (χ0) is 21.1. The third kappa shape index (κ3) is 6.30. The van der Waals surface area contributed by atoms with E-state index in [0.717, 1.165) is 17.8 Å². The van der Waals surface area contributed by atoms with E-state index in [4.69, 9.17) is 25.5 Å². The van der Waals surface area contributed by atoms with Crippen molar-refractivity contribution in [3.8, 4) is 17.6 Å². The molecule has 2 rings (SSSR count). The zero-order valence-corrected chi connectivity index (χ0v) is 17.1. The molecule has 0 atom stereocenters. The number of nitrogens with zero attached hydrogens (tertiary/aromatic N) is 4. The number of aromatic nitrogens is 2. The van der Waals surface area contributed by atoms with Gasteiger partial charge in [0.05, 0.1) is 44.7 Å². The SMILES string of the molecule is [C-]#[N+]c1cc(C#N)cc(Oc2c(CC)nn(CCOCOCCOC)c2CC)c1. The van der Waals surface area contributed by atoms with Crippen LogP contribution < -0.4 is 4.74 Å². The van der Waals surface area contributed by atoms with Crippen molar-refractivity contribution in [3.63, 3.8) is 0 Å². The van der Waals surface area contributed by atoms with Gasteiger partial charge in [0.15, 0.2) is 11.4 Å². The minimum Gasteiger partial charge on any atom is -0.455 e. The van der Waals surface area contributed by atoms with Gasteiger partial charge in [0.25, 0.3) is 0 Å². The maximum absolute atomic E-state index is 9.19. The maximum Gasteiger partial charge on any atom is 0.192 e. The van der Waals surface area contributed by atoms with Crippen LogP contribution in [0.5, 0.6) is 11.5 Å². The summed E-state index contributed by atoms with van der Waals surface area (Å²) < 4.78 is 23.7. The van der Waals surface area contributed by atoms with Gasteiger partial charge in [0, 0.05) is 12.7 Å². The molecule has 0 radical (unpaired) electrons. The Hall–Kier alpha value is -2.91. The zero-order valence-electron chi connectivity index (χ0n) is 17.1. The molecule has 0 fully saturated rings. The third-order valence-corrected chi connectivity index (χ3v) is 4.16. The van der Waals surface area contributed by atoms with Crippen molar-refractivity contribution in [2.24, 2.45) is 0 Å². The molecular weight excluding hydrogens is 372 g/mol. The Morgan fingerprint density at radius 1 is 1.14 bits per heavy atom. The van der Waals surface area contributed by atoms with Crippen LogP contribution in [0.15, 0.2) is 18.2 Å². The summed E-state index contributed by atoms with van der Waals surface area (Å²) in [6.45, 7) is 13.5. The van der Waals surface area contributed by atoms with E-state index in [1.54, 1.807) is 19.2 Å². The molecule has 29 heavy (non-hydrogen) atoms. The molecule has 1 aromatic heterocycles. The second-order valence-corrected chi connectivity index (χ2v) is 6.12. The summed E-state index contributed by atoms with van der Waals surface area (Å²) >= 11 is 0. The van der Waals surface area contributed by atoms with E-state index in [1.807, 2.05) is 18.5 Å². The summed E-state index contributed by atoms with van der Waals surface area (Å²) in [6.07, 6.45) is 1.42. The second kappa shape index (κ2) is 11.8. The van der Waals surface area contributed by atoms with Gasteiger partial charge in [-0.05, 0) is 31.0 Å². The summed E-state index contributed by atoms with van der Waals surface area (Å²) in [4.78, 5) is 3.41. The molecule has 0 unspecified atom stereocenters. The average molecular weight is 398 g/mol. The predicted octanol–water partition coefficient (Wildman–Crippen LogP) is 3.86. The molecule has 0 spiro atoms. The van der Waals surface area contributed by atoms with Gasteiger partial charge in [-0.25, -0.2) is 4.85 Å². The fourth-order valence-electron chi connectivity index (χ4n) is 2.77. The highest BCUT2D eigenvalue weighted by atomic mass is 16.7. The van der Waals surface area contributed by atoms with Crippen LogP contribution in [0.3, 0.4) is 0 Å². The molecular formula is C21H26N4O4. The third-order valence-electron chi connectivity index (χ3n) is 4.16. The molecule has 0 saturated heterocycles. The predicted molar refractivity (Wildman–Crippen MR) is 107 cm³/mol. The molecule has 8 nitrogen and oxygen atoms in total. The van der Waals surface area contributed by atoms with Crippen molar-refractivity contribution in [1.29, 1.82) is 5.26 Å². The maximum atomic E-state index is 9.19. The Balaban J connectivity index is 2.12. The van der Waals surface area contributed by atoms with Gasteiger partial charge in [-0.3, -0.25) is 4.68 Å². The first-order valence-corrected chi connectivity index (χ1v) is 9.50. The van der Waals surface area contributed by atoms with Crippen LogP contribution >= 0.6 is 0 Å². The largest absolute Gasteiger partial charge is 0.455 e. The minimum atomic E-state index is 0.205. The van der Waals surface area contributed by atoms with Gasteiger partial charge in [-0.2, -0.15) is 10.4 Å². The first-order chi connectivity index (χ1) is 14.2. The Bertz CT molecular complexity index is 848. The molecule has 1 heterocycles. The lowest BCUT2D eigenvalue weighted by atomic mass is 10.2. The Kier molecular flexibility index (Phi) is 9.13. The summed E-state index contributed by atoms with van der Waals surface area (Å²) in [6, 6.07) is 6.86. The Morgan fingerprint density at radius 2 is 1.93 bits per heavy atom. The molecule has 0 bridgehead atoms. The van der Waals surface area contributed by atoms with E-state index < -0.39 is 0 Å². The van der Waals surface area contributed by atoms with Gasteiger partial charge in [-0.15, -0.1) is 0 Å². The second-order valence-electron chi connectivity index (χ2n) is 6.12. The lowest BCUT2D eigenvalue weighted by Crippen LogP contribution is -2.13. The van der Waals surface area contributed by atoms with E-state index in [-0.39, 0.29) is 6.79 Å². The van der Waals surface area contributed by atoms with Crippen LogP contribution in [0.4, 0.5) is 5.69 Å². The number of rotatable bonds is 12. The van der Waals surface area contributed by atoms with Gasteiger partial charge in [-0.1, -0.05) is 13.8 Å². The van der Waals surface area contributed by atoms with Crippen molar-refractivity contribution < 1.29 is 18.9 Å². The number of hydrogen-bond acceptors (Lipinski definition) is 6. The molecule has 0 amide bonds. The van der Waals surface area contributed by atoms with E-state index in [0.29, 0.717) is 55.5 Å². The van der Waals surface area contributed by atoms with Crippen LogP contribution in [0.25, 0.3) is 4.85 Å². The summed E-state index contributed by atoms with van der Waals surface area (Å²) in [5.41, 5.74) is 2.52. The van der Waals surface area contributed by atoms with Crippen molar-refractivity contribution in [2.45, 2.75) is 33.2 Å². The topological polar surface area (TPSA) is 82.9 Å². The smallest absolute Gasteiger partial charge is 0.192 e.